The first-order valence-electron chi connectivity index (χ1n) is 14.0. The third kappa shape index (κ3) is 4.47. The third-order valence-electron chi connectivity index (χ3n) is 8.00. The summed E-state index contributed by atoms with van der Waals surface area (Å²) in [6.07, 6.45) is 0.651. The molecule has 0 amide bonds. The van der Waals surface area contributed by atoms with Crippen LogP contribution in [0.1, 0.15) is 34.8 Å². The number of aryl methyl sites for hydroxylation is 2. The van der Waals surface area contributed by atoms with E-state index in [9.17, 15) is 0 Å². The fourth-order valence-corrected chi connectivity index (χ4v) is 6.26. The van der Waals surface area contributed by atoms with E-state index in [0.29, 0.717) is 17.3 Å². The molecule has 1 aliphatic rings. The predicted octanol–water partition coefficient (Wildman–Crippen LogP) is 9.08. The van der Waals surface area contributed by atoms with Gasteiger partial charge in [0.05, 0.1) is 35.6 Å². The van der Waals surface area contributed by atoms with Crippen molar-refractivity contribution < 1.29 is 4.74 Å². The highest BCUT2D eigenvalue weighted by Crippen LogP contribution is 2.44. The molecule has 0 fully saturated rings. The second-order valence-corrected chi connectivity index (χ2v) is 11.1. The lowest BCUT2D eigenvalue weighted by atomic mass is 9.89. The molecule has 5 nitrogen and oxygen atoms in total. The molecule has 0 radical (unpaired) electrons. The van der Waals surface area contributed by atoms with Gasteiger partial charge in [0.2, 0.25) is 5.88 Å². The van der Waals surface area contributed by atoms with Gasteiger partial charge < -0.3 is 4.74 Å². The number of para-hydroxylation sites is 2. The van der Waals surface area contributed by atoms with Gasteiger partial charge in [-0.15, -0.1) is 0 Å². The van der Waals surface area contributed by atoms with E-state index < -0.39 is 0 Å². The van der Waals surface area contributed by atoms with E-state index in [1.165, 1.54) is 0 Å². The van der Waals surface area contributed by atoms with E-state index in [4.69, 9.17) is 31.4 Å². The van der Waals surface area contributed by atoms with Crippen molar-refractivity contribution >= 4 is 44.8 Å². The zero-order valence-corrected chi connectivity index (χ0v) is 24.4. The maximum atomic E-state index is 6.54. The first kappa shape index (κ1) is 26.2. The van der Waals surface area contributed by atoms with Crippen LogP contribution in [0.3, 0.4) is 0 Å². The Bertz CT molecular complexity index is 1990. The van der Waals surface area contributed by atoms with Crippen LogP contribution < -0.4 is 9.75 Å². The van der Waals surface area contributed by atoms with Crippen molar-refractivity contribution in [3.8, 4) is 17.0 Å². The molecule has 206 valence electrons. The van der Waals surface area contributed by atoms with Gasteiger partial charge in [-0.25, -0.2) is 4.98 Å². The number of halogens is 1. The van der Waals surface area contributed by atoms with Crippen LogP contribution in [0.25, 0.3) is 32.9 Å². The van der Waals surface area contributed by atoms with Gasteiger partial charge in [-0.1, -0.05) is 78.3 Å². The Morgan fingerprint density at radius 3 is 2.33 bits per heavy atom. The lowest BCUT2D eigenvalue weighted by Gasteiger charge is -2.25. The van der Waals surface area contributed by atoms with Gasteiger partial charge >= 0.3 is 0 Å². The zero-order chi connectivity index (χ0) is 28.8. The van der Waals surface area contributed by atoms with Crippen LogP contribution in [0.15, 0.2) is 108 Å². The number of nitrogens with zero attached hydrogens (tertiary/aromatic N) is 4. The fraction of sp³-hybridized carbons (Fsp3) is 0.139. The van der Waals surface area contributed by atoms with Gasteiger partial charge in [-0.3, -0.25) is 9.99 Å². The minimum absolute atomic E-state index is 0.132. The molecule has 7 rings (SSSR count). The topological polar surface area (TPSA) is 50.6 Å². The number of rotatable bonds is 5. The predicted molar refractivity (Wildman–Crippen MR) is 173 cm³/mol. The Balaban J connectivity index is 1.46. The average Bonchev–Trinajstić information content (AvgIpc) is 3.46. The number of fused-ring (bicyclic) bond motifs is 2. The molecule has 42 heavy (non-hydrogen) atoms. The molecule has 0 bridgehead atoms. The van der Waals surface area contributed by atoms with Crippen molar-refractivity contribution in [2.45, 2.75) is 26.3 Å². The second-order valence-electron chi connectivity index (χ2n) is 10.7. The summed E-state index contributed by atoms with van der Waals surface area (Å²) >= 11 is 6.54. The maximum absolute atomic E-state index is 6.54. The molecule has 0 saturated heterocycles. The monoisotopic (exact) mass is 568 g/mol. The normalized spacial score (nSPS) is 14.9. The standard InChI is InChI=1S/C36H29ClN4O/c1-22-11-10-14-25-19-29(36(42-3)39-35(22)25)32-21-31(40-41(32)27-15-8-5-9-16-27)33-23(2)38-30-18-17-26(37)20-28(30)34(33)24-12-6-4-7-13-24/h4-20,32H,21H2,1-3H3/t32-/m0/s1. The highest BCUT2D eigenvalue weighted by Gasteiger charge is 2.35. The molecule has 1 atom stereocenters. The van der Waals surface area contributed by atoms with E-state index in [0.717, 1.165) is 66.7 Å². The Hall–Kier alpha value is -4.74. The second kappa shape index (κ2) is 10.6. The van der Waals surface area contributed by atoms with E-state index in [-0.39, 0.29) is 6.04 Å². The summed E-state index contributed by atoms with van der Waals surface area (Å²) in [6, 6.07) is 35.0. The lowest BCUT2D eigenvalue weighted by Crippen LogP contribution is -2.19. The molecule has 2 aromatic heterocycles. The summed E-state index contributed by atoms with van der Waals surface area (Å²) in [5, 5.41) is 10.2. The molecular formula is C36H29ClN4O. The minimum atomic E-state index is -0.132. The smallest absolute Gasteiger partial charge is 0.219 e. The van der Waals surface area contributed by atoms with Gasteiger partial charge in [-0.05, 0) is 61.4 Å². The number of methoxy groups -OCH3 is 1. The van der Waals surface area contributed by atoms with Gasteiger partial charge in [0, 0.05) is 44.6 Å². The van der Waals surface area contributed by atoms with Crippen LogP contribution in [-0.2, 0) is 0 Å². The number of anilines is 1. The molecule has 3 heterocycles. The largest absolute Gasteiger partial charge is 0.481 e. The molecule has 0 N–H and O–H groups in total. The minimum Gasteiger partial charge on any atom is -0.481 e. The van der Waals surface area contributed by atoms with Crippen LogP contribution in [0.4, 0.5) is 5.69 Å². The van der Waals surface area contributed by atoms with Crippen molar-refractivity contribution in [3.63, 3.8) is 0 Å². The third-order valence-corrected chi connectivity index (χ3v) is 8.24. The Kier molecular flexibility index (Phi) is 6.60. The average molecular weight is 569 g/mol. The van der Waals surface area contributed by atoms with E-state index in [1.54, 1.807) is 7.11 Å². The number of hydrazone groups is 1. The molecule has 0 aliphatic carbocycles. The Morgan fingerprint density at radius 1 is 0.810 bits per heavy atom. The highest BCUT2D eigenvalue weighted by molar-refractivity contribution is 6.31. The van der Waals surface area contributed by atoms with Gasteiger partial charge in [0.1, 0.15) is 0 Å². The number of benzene rings is 4. The number of hydrogen-bond donors (Lipinski definition) is 0. The summed E-state index contributed by atoms with van der Waals surface area (Å²) in [7, 11) is 1.69. The lowest BCUT2D eigenvalue weighted by molar-refractivity contribution is 0.390. The quantitative estimate of drug-likeness (QED) is 0.208. The highest BCUT2D eigenvalue weighted by atomic mass is 35.5. The SMILES string of the molecule is COc1nc2c(C)cccc2cc1[C@@H]1CC(c2c(C)nc3ccc(Cl)cc3c2-c2ccccc2)=NN1c1ccccc1. The fourth-order valence-electron chi connectivity index (χ4n) is 6.09. The Labute approximate surface area is 250 Å². The molecule has 0 unspecified atom stereocenters. The molecule has 1 aliphatic heterocycles. The van der Waals surface area contributed by atoms with Crippen LogP contribution >= 0.6 is 11.6 Å². The molecule has 0 spiro atoms. The van der Waals surface area contributed by atoms with Gasteiger partial charge in [-0.2, -0.15) is 5.10 Å². The van der Waals surface area contributed by atoms with Gasteiger partial charge in [0.15, 0.2) is 0 Å². The summed E-state index contributed by atoms with van der Waals surface area (Å²) < 4.78 is 5.92. The molecule has 6 aromatic rings. The number of ether oxygens (including phenoxy) is 1. The summed E-state index contributed by atoms with van der Waals surface area (Å²) in [6.45, 7) is 4.15. The maximum Gasteiger partial charge on any atom is 0.219 e. The Morgan fingerprint density at radius 2 is 1.57 bits per heavy atom. The zero-order valence-electron chi connectivity index (χ0n) is 23.7. The summed E-state index contributed by atoms with van der Waals surface area (Å²) in [5.41, 5.74) is 10.1. The van der Waals surface area contributed by atoms with Crippen molar-refractivity contribution in [1.29, 1.82) is 0 Å². The van der Waals surface area contributed by atoms with Gasteiger partial charge in [0.25, 0.3) is 0 Å². The number of hydrogen-bond acceptors (Lipinski definition) is 5. The van der Waals surface area contributed by atoms with Crippen LogP contribution in [-0.4, -0.2) is 22.8 Å². The van der Waals surface area contributed by atoms with E-state index >= 15 is 0 Å². The molecular weight excluding hydrogens is 540 g/mol. The van der Waals surface area contributed by atoms with Crippen molar-refractivity contribution in [2.24, 2.45) is 5.10 Å². The molecule has 4 aromatic carbocycles. The summed E-state index contributed by atoms with van der Waals surface area (Å²) in [4.78, 5) is 10.0. The van der Waals surface area contributed by atoms with Crippen molar-refractivity contribution in [2.75, 3.05) is 12.1 Å². The van der Waals surface area contributed by atoms with Crippen LogP contribution in [0.2, 0.25) is 5.02 Å². The van der Waals surface area contributed by atoms with Crippen LogP contribution in [0, 0.1) is 13.8 Å². The first-order chi connectivity index (χ1) is 20.5. The van der Waals surface area contributed by atoms with E-state index in [1.807, 2.05) is 42.5 Å². The number of aromatic nitrogens is 2. The number of pyridine rings is 2. The first-order valence-corrected chi connectivity index (χ1v) is 14.4. The van der Waals surface area contributed by atoms with Crippen molar-refractivity contribution in [3.05, 3.63) is 131 Å². The van der Waals surface area contributed by atoms with Crippen LogP contribution in [0.5, 0.6) is 5.88 Å². The molecule has 0 saturated carbocycles. The molecule has 6 heteroatoms. The van der Waals surface area contributed by atoms with Crippen molar-refractivity contribution in [1.82, 2.24) is 9.97 Å². The summed E-state index contributed by atoms with van der Waals surface area (Å²) in [5.74, 6) is 0.614. The van der Waals surface area contributed by atoms with E-state index in [2.05, 4.69) is 79.5 Å².